The lowest BCUT2D eigenvalue weighted by Gasteiger charge is -2.35. The van der Waals surface area contributed by atoms with Crippen LogP contribution in [0.1, 0.15) is 17.5 Å². The van der Waals surface area contributed by atoms with Crippen LogP contribution < -0.4 is 0 Å². The molecule has 0 amide bonds. The van der Waals surface area contributed by atoms with Crippen LogP contribution in [0.4, 0.5) is 4.39 Å². The van der Waals surface area contributed by atoms with E-state index in [0.717, 1.165) is 29.1 Å². The zero-order valence-corrected chi connectivity index (χ0v) is 10.8. The number of thioether (sulfide) groups is 2. The Labute approximate surface area is 104 Å². The predicted octanol–water partition coefficient (Wildman–Crippen LogP) is 3.15. The summed E-state index contributed by atoms with van der Waals surface area (Å²) in [6, 6.07) is 5.05. The minimum atomic E-state index is -0.356. The molecule has 1 aliphatic heterocycles. The van der Waals surface area contributed by atoms with E-state index in [-0.39, 0.29) is 16.5 Å². The van der Waals surface area contributed by atoms with E-state index in [1.54, 1.807) is 29.6 Å². The van der Waals surface area contributed by atoms with Crippen molar-refractivity contribution in [3.8, 4) is 0 Å². The second kappa shape index (κ2) is 4.98. The molecular weight excluding hydrogens is 243 g/mol. The summed E-state index contributed by atoms with van der Waals surface area (Å²) in [5, 5.41) is 9.61. The summed E-state index contributed by atoms with van der Waals surface area (Å²) in [7, 11) is 0. The topological polar surface area (TPSA) is 20.2 Å². The van der Waals surface area contributed by atoms with E-state index in [4.69, 9.17) is 0 Å². The normalized spacial score (nSPS) is 19.7. The van der Waals surface area contributed by atoms with Gasteiger partial charge in [0.25, 0.3) is 0 Å². The SMILES string of the molecule is Cc1cc(F)cc(C2(CO)SCCCS2)c1. The van der Waals surface area contributed by atoms with Crippen LogP contribution in [0.5, 0.6) is 0 Å². The largest absolute Gasteiger partial charge is 0.394 e. The molecule has 0 radical (unpaired) electrons. The number of halogens is 1. The predicted molar refractivity (Wildman–Crippen MR) is 69.4 cm³/mol. The van der Waals surface area contributed by atoms with Crippen LogP contribution in [0.15, 0.2) is 18.2 Å². The van der Waals surface area contributed by atoms with E-state index >= 15 is 0 Å². The molecule has 0 saturated carbocycles. The molecule has 0 atom stereocenters. The van der Waals surface area contributed by atoms with Gasteiger partial charge in [-0.25, -0.2) is 4.39 Å². The molecular formula is C12H15FOS2. The van der Waals surface area contributed by atoms with Gasteiger partial charge in [0, 0.05) is 0 Å². The first-order chi connectivity index (χ1) is 7.66. The van der Waals surface area contributed by atoms with E-state index < -0.39 is 0 Å². The second-order valence-electron chi connectivity index (χ2n) is 3.98. The van der Waals surface area contributed by atoms with Gasteiger partial charge >= 0.3 is 0 Å². The van der Waals surface area contributed by atoms with Crippen molar-refractivity contribution in [2.24, 2.45) is 0 Å². The summed E-state index contributed by atoms with van der Waals surface area (Å²) in [4.78, 5) is 0. The summed E-state index contributed by atoms with van der Waals surface area (Å²) in [6.45, 7) is 1.95. The van der Waals surface area contributed by atoms with E-state index in [1.165, 1.54) is 6.07 Å². The van der Waals surface area contributed by atoms with Gasteiger partial charge in [-0.15, -0.1) is 23.5 Å². The fourth-order valence-corrected chi connectivity index (χ4v) is 4.88. The fourth-order valence-electron chi connectivity index (χ4n) is 1.88. The number of rotatable bonds is 2. The minimum Gasteiger partial charge on any atom is -0.394 e. The third kappa shape index (κ3) is 2.39. The van der Waals surface area contributed by atoms with E-state index in [0.29, 0.717) is 0 Å². The molecule has 1 aromatic carbocycles. The third-order valence-corrected chi connectivity index (χ3v) is 6.00. The summed E-state index contributed by atoms with van der Waals surface area (Å²) in [5.74, 6) is 1.85. The molecule has 4 heteroatoms. The Bertz CT molecular complexity index is 355. The molecule has 1 aromatic rings. The molecule has 1 N–H and O–H groups in total. The highest BCUT2D eigenvalue weighted by Crippen LogP contribution is 2.50. The molecule has 0 spiro atoms. The van der Waals surface area contributed by atoms with Crippen molar-refractivity contribution < 1.29 is 9.50 Å². The Hall–Kier alpha value is -0.190. The van der Waals surface area contributed by atoms with Crippen LogP contribution in [-0.4, -0.2) is 23.2 Å². The van der Waals surface area contributed by atoms with Crippen LogP contribution >= 0.6 is 23.5 Å². The van der Waals surface area contributed by atoms with Crippen molar-refractivity contribution in [2.75, 3.05) is 18.1 Å². The summed E-state index contributed by atoms with van der Waals surface area (Å²) < 4.78 is 13.0. The van der Waals surface area contributed by atoms with E-state index in [1.807, 2.05) is 13.0 Å². The zero-order chi connectivity index (χ0) is 11.6. The lowest BCUT2D eigenvalue weighted by atomic mass is 10.1. The maximum absolute atomic E-state index is 13.4. The summed E-state index contributed by atoms with van der Waals surface area (Å²) in [6.07, 6.45) is 1.16. The standard InChI is InChI=1S/C12H15FOS2/c1-9-5-10(7-11(13)6-9)12(8-14)15-3-2-4-16-12/h5-7,14H,2-4,8H2,1H3. The van der Waals surface area contributed by atoms with Gasteiger partial charge in [-0.1, -0.05) is 6.07 Å². The molecule has 1 heterocycles. The smallest absolute Gasteiger partial charge is 0.123 e. The average Bonchev–Trinajstić information content (AvgIpc) is 2.28. The summed E-state index contributed by atoms with van der Waals surface area (Å²) >= 11 is 3.45. The lowest BCUT2D eigenvalue weighted by molar-refractivity contribution is 0.285. The van der Waals surface area contributed by atoms with Gasteiger partial charge in [-0.2, -0.15) is 0 Å². The van der Waals surface area contributed by atoms with Gasteiger partial charge in [0.15, 0.2) is 0 Å². The van der Waals surface area contributed by atoms with Gasteiger partial charge in [0.2, 0.25) is 0 Å². The molecule has 2 rings (SSSR count). The van der Waals surface area contributed by atoms with Crippen molar-refractivity contribution in [1.29, 1.82) is 0 Å². The van der Waals surface area contributed by atoms with Gasteiger partial charge in [0.05, 0.1) is 6.61 Å². The fraction of sp³-hybridized carbons (Fsp3) is 0.500. The van der Waals surface area contributed by atoms with Crippen LogP contribution in [-0.2, 0) is 4.08 Å². The van der Waals surface area contributed by atoms with Crippen molar-refractivity contribution in [2.45, 2.75) is 17.4 Å². The Balaban J connectivity index is 2.38. The molecule has 0 bridgehead atoms. The molecule has 0 aliphatic carbocycles. The minimum absolute atomic E-state index is 0.0607. The van der Waals surface area contributed by atoms with Crippen molar-refractivity contribution in [3.63, 3.8) is 0 Å². The van der Waals surface area contributed by atoms with Crippen molar-refractivity contribution >= 4 is 23.5 Å². The number of aryl methyl sites for hydroxylation is 1. The average molecular weight is 258 g/mol. The first-order valence-corrected chi connectivity index (χ1v) is 7.30. The van der Waals surface area contributed by atoms with Gasteiger partial charge in [-0.05, 0) is 48.1 Å². The Morgan fingerprint density at radius 2 is 2.00 bits per heavy atom. The number of aliphatic hydroxyl groups excluding tert-OH is 1. The third-order valence-electron chi connectivity index (χ3n) is 2.65. The van der Waals surface area contributed by atoms with Crippen LogP contribution in [0, 0.1) is 12.7 Å². The number of benzene rings is 1. The number of hydrogen-bond donors (Lipinski definition) is 1. The van der Waals surface area contributed by atoms with Crippen molar-refractivity contribution in [1.82, 2.24) is 0 Å². The van der Waals surface area contributed by atoms with Gasteiger partial charge in [-0.3, -0.25) is 0 Å². The first kappa shape index (κ1) is 12.3. The summed E-state index contributed by atoms with van der Waals surface area (Å²) in [5.41, 5.74) is 1.82. The maximum Gasteiger partial charge on any atom is 0.123 e. The van der Waals surface area contributed by atoms with Crippen LogP contribution in [0.2, 0.25) is 0 Å². The molecule has 88 valence electrons. The van der Waals surface area contributed by atoms with Gasteiger partial charge in [0.1, 0.15) is 9.90 Å². The van der Waals surface area contributed by atoms with Crippen LogP contribution in [0.25, 0.3) is 0 Å². The highest BCUT2D eigenvalue weighted by molar-refractivity contribution is 8.18. The molecule has 0 aromatic heterocycles. The van der Waals surface area contributed by atoms with Crippen LogP contribution in [0.3, 0.4) is 0 Å². The zero-order valence-electron chi connectivity index (χ0n) is 9.20. The molecule has 1 saturated heterocycles. The Morgan fingerprint density at radius 3 is 2.56 bits per heavy atom. The van der Waals surface area contributed by atoms with E-state index in [9.17, 15) is 9.50 Å². The molecule has 0 unspecified atom stereocenters. The Morgan fingerprint density at radius 1 is 1.31 bits per heavy atom. The highest BCUT2D eigenvalue weighted by Gasteiger charge is 2.35. The quantitative estimate of drug-likeness (QED) is 0.880. The monoisotopic (exact) mass is 258 g/mol. The highest BCUT2D eigenvalue weighted by atomic mass is 32.2. The van der Waals surface area contributed by atoms with Crippen molar-refractivity contribution in [3.05, 3.63) is 35.1 Å². The first-order valence-electron chi connectivity index (χ1n) is 5.33. The molecule has 1 fully saturated rings. The van der Waals surface area contributed by atoms with Gasteiger partial charge < -0.3 is 5.11 Å². The lowest BCUT2D eigenvalue weighted by Crippen LogP contribution is -2.27. The number of hydrogen-bond acceptors (Lipinski definition) is 3. The van der Waals surface area contributed by atoms with E-state index in [2.05, 4.69) is 0 Å². The molecule has 1 aliphatic rings. The molecule has 1 nitrogen and oxygen atoms in total. The maximum atomic E-state index is 13.4. The number of aliphatic hydroxyl groups is 1. The Kier molecular flexibility index (Phi) is 3.82. The molecule has 16 heavy (non-hydrogen) atoms. The second-order valence-corrected chi connectivity index (χ2v) is 7.02.